The molecule has 0 fully saturated rings. The number of hydrogen-bond acceptors (Lipinski definition) is 3. The number of carboxylic acid groups (broad SMARTS) is 1. The van der Waals surface area contributed by atoms with E-state index in [9.17, 15) is 19.1 Å². The first-order valence-corrected chi connectivity index (χ1v) is 7.43. The van der Waals surface area contributed by atoms with Crippen molar-refractivity contribution in [1.29, 1.82) is 0 Å². The standard InChI is InChI=1S/C18H13F2NO4/c1-2-21-8-11(18(24)25)17(23)10-7-12(19)14(15(20)16(10)21)9-5-3-4-6-13(9)22/h3-8,22H,2H2,1H3,(H,24,25). The molecule has 5 nitrogen and oxygen atoms in total. The molecule has 0 saturated carbocycles. The van der Waals surface area contributed by atoms with Gasteiger partial charge in [0.05, 0.1) is 16.5 Å². The van der Waals surface area contributed by atoms with Gasteiger partial charge in [-0.25, -0.2) is 13.6 Å². The zero-order chi connectivity index (χ0) is 18.3. The lowest BCUT2D eigenvalue weighted by atomic mass is 10.00. The number of aromatic carboxylic acids is 1. The smallest absolute Gasteiger partial charge is 0.341 e. The molecule has 2 N–H and O–H groups in total. The second kappa shape index (κ2) is 6.01. The van der Waals surface area contributed by atoms with Crippen LogP contribution in [0.25, 0.3) is 22.0 Å². The molecule has 0 amide bonds. The molecular formula is C18H13F2NO4. The third-order valence-electron chi connectivity index (χ3n) is 4.00. The van der Waals surface area contributed by atoms with E-state index in [-0.39, 0.29) is 28.8 Å². The predicted octanol–water partition coefficient (Wildman–Crippen LogP) is 3.37. The maximum atomic E-state index is 15.1. The highest BCUT2D eigenvalue weighted by Crippen LogP contribution is 2.35. The van der Waals surface area contributed by atoms with Gasteiger partial charge in [0, 0.05) is 18.3 Å². The zero-order valence-corrected chi connectivity index (χ0v) is 13.1. The SMILES string of the molecule is CCn1cc(C(=O)O)c(=O)c2cc(F)c(-c3ccccc3O)c(F)c21. The highest BCUT2D eigenvalue weighted by atomic mass is 19.1. The molecule has 0 aliphatic carbocycles. The molecule has 2 aromatic carbocycles. The van der Waals surface area contributed by atoms with Gasteiger partial charge < -0.3 is 14.8 Å². The Labute approximate surface area is 140 Å². The van der Waals surface area contributed by atoms with Crippen molar-refractivity contribution in [1.82, 2.24) is 4.57 Å². The summed E-state index contributed by atoms with van der Waals surface area (Å²) in [6, 6.07) is 6.47. The monoisotopic (exact) mass is 345 g/mol. The van der Waals surface area contributed by atoms with Crippen molar-refractivity contribution in [2.75, 3.05) is 0 Å². The van der Waals surface area contributed by atoms with Crippen molar-refractivity contribution in [3.05, 3.63) is 63.9 Å². The Bertz CT molecular complexity index is 1070. The van der Waals surface area contributed by atoms with Gasteiger partial charge in [-0.1, -0.05) is 18.2 Å². The maximum Gasteiger partial charge on any atom is 0.341 e. The molecule has 3 rings (SSSR count). The summed E-state index contributed by atoms with van der Waals surface area (Å²) in [5.74, 6) is -3.88. The van der Waals surface area contributed by atoms with Gasteiger partial charge in [-0.2, -0.15) is 0 Å². The number of carboxylic acids is 1. The van der Waals surface area contributed by atoms with Crippen molar-refractivity contribution >= 4 is 16.9 Å². The van der Waals surface area contributed by atoms with Gasteiger partial charge in [0.2, 0.25) is 5.43 Å². The Morgan fingerprint density at radius 2 is 1.92 bits per heavy atom. The third-order valence-corrected chi connectivity index (χ3v) is 4.00. The molecule has 0 radical (unpaired) electrons. The van der Waals surface area contributed by atoms with E-state index < -0.39 is 34.2 Å². The number of nitrogens with zero attached hydrogens (tertiary/aromatic N) is 1. The molecule has 1 aromatic heterocycles. The van der Waals surface area contributed by atoms with E-state index in [0.29, 0.717) is 0 Å². The fraction of sp³-hybridized carbons (Fsp3) is 0.111. The number of aromatic nitrogens is 1. The Morgan fingerprint density at radius 1 is 1.24 bits per heavy atom. The Hall–Kier alpha value is -3.22. The molecule has 3 aromatic rings. The summed E-state index contributed by atoms with van der Waals surface area (Å²) >= 11 is 0. The van der Waals surface area contributed by atoms with Gasteiger partial charge in [0.25, 0.3) is 0 Å². The van der Waals surface area contributed by atoms with E-state index in [4.69, 9.17) is 5.11 Å². The number of halogens is 2. The molecule has 0 atom stereocenters. The van der Waals surface area contributed by atoms with Gasteiger partial charge in [0.15, 0.2) is 5.82 Å². The average molecular weight is 345 g/mol. The summed E-state index contributed by atoms with van der Waals surface area (Å²) < 4.78 is 30.9. The summed E-state index contributed by atoms with van der Waals surface area (Å²) in [4.78, 5) is 23.5. The third kappa shape index (κ3) is 2.53. The van der Waals surface area contributed by atoms with Crippen molar-refractivity contribution in [3.8, 4) is 16.9 Å². The molecule has 0 saturated heterocycles. The number of aromatic hydroxyl groups is 1. The van der Waals surface area contributed by atoms with Crippen molar-refractivity contribution in [3.63, 3.8) is 0 Å². The Kier molecular flexibility index (Phi) is 4.00. The number of phenols is 1. The highest BCUT2D eigenvalue weighted by Gasteiger charge is 2.23. The highest BCUT2D eigenvalue weighted by molar-refractivity contribution is 5.94. The van der Waals surface area contributed by atoms with Crippen LogP contribution in [0.15, 0.2) is 41.3 Å². The van der Waals surface area contributed by atoms with Gasteiger partial charge >= 0.3 is 5.97 Å². The number of para-hydroxylation sites is 1. The van der Waals surface area contributed by atoms with Crippen LogP contribution < -0.4 is 5.43 Å². The average Bonchev–Trinajstić information content (AvgIpc) is 2.57. The largest absolute Gasteiger partial charge is 0.507 e. The first-order valence-electron chi connectivity index (χ1n) is 7.43. The predicted molar refractivity (Wildman–Crippen MR) is 87.9 cm³/mol. The second-order valence-electron chi connectivity index (χ2n) is 5.42. The topological polar surface area (TPSA) is 79.5 Å². The Morgan fingerprint density at radius 3 is 2.52 bits per heavy atom. The lowest BCUT2D eigenvalue weighted by molar-refractivity contribution is 0.0695. The van der Waals surface area contributed by atoms with E-state index in [1.807, 2.05) is 0 Å². The van der Waals surface area contributed by atoms with Crippen LogP contribution in [-0.4, -0.2) is 20.7 Å². The zero-order valence-electron chi connectivity index (χ0n) is 13.1. The van der Waals surface area contributed by atoms with E-state index in [0.717, 1.165) is 12.3 Å². The van der Waals surface area contributed by atoms with E-state index >= 15 is 4.39 Å². The van der Waals surface area contributed by atoms with Crippen LogP contribution in [0.1, 0.15) is 17.3 Å². The summed E-state index contributed by atoms with van der Waals surface area (Å²) in [5.41, 5.74) is -2.28. The molecule has 0 spiro atoms. The number of carbonyl (C=O) groups is 1. The number of phenolic OH excluding ortho intramolecular Hbond substituents is 1. The molecule has 1 heterocycles. The van der Waals surface area contributed by atoms with Crippen LogP contribution in [0.2, 0.25) is 0 Å². The molecule has 25 heavy (non-hydrogen) atoms. The minimum atomic E-state index is -1.47. The quantitative estimate of drug-likeness (QED) is 0.763. The molecule has 0 unspecified atom stereocenters. The van der Waals surface area contributed by atoms with Crippen LogP contribution >= 0.6 is 0 Å². The molecule has 128 valence electrons. The molecule has 0 aliphatic rings. The number of pyridine rings is 1. The van der Waals surface area contributed by atoms with Gasteiger partial charge in [-0.05, 0) is 19.1 Å². The molecule has 0 bridgehead atoms. The summed E-state index contributed by atoms with van der Waals surface area (Å²) in [5, 5.41) is 18.7. The maximum absolute atomic E-state index is 15.1. The van der Waals surface area contributed by atoms with Crippen LogP contribution in [0.3, 0.4) is 0 Å². The second-order valence-corrected chi connectivity index (χ2v) is 5.42. The first-order chi connectivity index (χ1) is 11.9. The number of aryl methyl sites for hydroxylation is 1. The van der Waals surface area contributed by atoms with Gasteiger partial charge in [-0.3, -0.25) is 4.79 Å². The van der Waals surface area contributed by atoms with E-state index in [1.165, 1.54) is 28.8 Å². The van der Waals surface area contributed by atoms with Gasteiger partial charge in [-0.15, -0.1) is 0 Å². The van der Waals surface area contributed by atoms with Gasteiger partial charge in [0.1, 0.15) is 17.1 Å². The normalized spacial score (nSPS) is 11.0. The van der Waals surface area contributed by atoms with E-state index in [1.54, 1.807) is 6.92 Å². The number of rotatable bonds is 3. The van der Waals surface area contributed by atoms with Crippen LogP contribution in [-0.2, 0) is 6.54 Å². The van der Waals surface area contributed by atoms with Crippen LogP contribution in [0.5, 0.6) is 5.75 Å². The van der Waals surface area contributed by atoms with Crippen LogP contribution in [0.4, 0.5) is 8.78 Å². The van der Waals surface area contributed by atoms with Crippen LogP contribution in [0, 0.1) is 11.6 Å². The van der Waals surface area contributed by atoms with E-state index in [2.05, 4.69) is 0 Å². The Balaban J connectivity index is 2.50. The molecule has 0 aliphatic heterocycles. The van der Waals surface area contributed by atoms with Crippen molar-refractivity contribution < 1.29 is 23.8 Å². The van der Waals surface area contributed by atoms with Crippen molar-refractivity contribution in [2.45, 2.75) is 13.5 Å². The molecular weight excluding hydrogens is 332 g/mol. The summed E-state index contributed by atoms with van der Waals surface area (Å²) in [6.07, 6.45) is 1.03. The fourth-order valence-electron chi connectivity index (χ4n) is 2.82. The van der Waals surface area contributed by atoms with Crippen molar-refractivity contribution in [2.24, 2.45) is 0 Å². The number of hydrogen-bond donors (Lipinski definition) is 2. The summed E-state index contributed by atoms with van der Waals surface area (Å²) in [7, 11) is 0. The first kappa shape index (κ1) is 16.6. The minimum Gasteiger partial charge on any atom is -0.507 e. The lowest BCUT2D eigenvalue weighted by Crippen LogP contribution is -2.20. The minimum absolute atomic E-state index is 0.0585. The summed E-state index contributed by atoms with van der Waals surface area (Å²) in [6.45, 7) is 1.80. The number of benzene rings is 2. The number of fused-ring (bicyclic) bond motifs is 1. The molecule has 7 heteroatoms. The fourth-order valence-corrected chi connectivity index (χ4v) is 2.82. The lowest BCUT2D eigenvalue weighted by Gasteiger charge is -2.15.